The number of aromatic amines is 1. The van der Waals surface area contributed by atoms with Crippen molar-refractivity contribution >= 4 is 0 Å². The maximum atomic E-state index is 12.8. The second-order valence-electron chi connectivity index (χ2n) is 4.00. The summed E-state index contributed by atoms with van der Waals surface area (Å²) >= 11 is 0. The maximum absolute atomic E-state index is 12.8. The van der Waals surface area contributed by atoms with Gasteiger partial charge in [-0.05, 0) is 6.42 Å². The summed E-state index contributed by atoms with van der Waals surface area (Å²) in [6, 6.07) is 1.17. The molecule has 0 amide bonds. The van der Waals surface area contributed by atoms with Gasteiger partial charge in [-0.3, -0.25) is 18.7 Å². The smallest absolute Gasteiger partial charge is 0.330 e. The standard InChI is InChI=1S/C10H13FN2O4/c11-4-6-3-7(5-14)17-9(6)13-2-1-8(15)12-10(13)16/h1-2,6-7,9,14H,3-5H2,(H,12,15,16). The average Bonchev–Trinajstić information content (AvgIpc) is 2.72. The van der Waals surface area contributed by atoms with E-state index in [1.54, 1.807) is 0 Å². The molecule has 7 heteroatoms. The topological polar surface area (TPSA) is 84.3 Å². The summed E-state index contributed by atoms with van der Waals surface area (Å²) in [4.78, 5) is 24.5. The molecular weight excluding hydrogens is 231 g/mol. The van der Waals surface area contributed by atoms with Crippen LogP contribution in [0.4, 0.5) is 4.39 Å². The molecule has 0 bridgehead atoms. The van der Waals surface area contributed by atoms with Crippen molar-refractivity contribution in [2.75, 3.05) is 13.3 Å². The lowest BCUT2D eigenvalue weighted by molar-refractivity contribution is -0.0375. The van der Waals surface area contributed by atoms with Gasteiger partial charge in [-0.1, -0.05) is 0 Å². The van der Waals surface area contributed by atoms with Crippen LogP contribution in [0.25, 0.3) is 0 Å². The van der Waals surface area contributed by atoms with Crippen LogP contribution in [-0.2, 0) is 4.74 Å². The Kier molecular flexibility index (Phi) is 3.39. The minimum atomic E-state index is -0.776. The maximum Gasteiger partial charge on any atom is 0.330 e. The molecule has 0 aliphatic carbocycles. The summed E-state index contributed by atoms with van der Waals surface area (Å²) in [5, 5.41) is 8.96. The number of halogens is 1. The molecule has 3 unspecified atom stereocenters. The molecule has 3 atom stereocenters. The molecule has 0 spiro atoms. The molecule has 0 radical (unpaired) electrons. The number of nitrogens with one attached hydrogen (secondary N) is 1. The molecule has 0 saturated carbocycles. The number of nitrogens with zero attached hydrogens (tertiary/aromatic N) is 1. The summed E-state index contributed by atoms with van der Waals surface area (Å²) in [7, 11) is 0. The first kappa shape index (κ1) is 12.0. The van der Waals surface area contributed by atoms with Crippen LogP contribution in [0.2, 0.25) is 0 Å². The van der Waals surface area contributed by atoms with Crippen molar-refractivity contribution in [3.63, 3.8) is 0 Å². The van der Waals surface area contributed by atoms with Crippen LogP contribution in [0.15, 0.2) is 21.9 Å². The zero-order chi connectivity index (χ0) is 12.4. The first-order chi connectivity index (χ1) is 8.15. The predicted molar refractivity (Wildman–Crippen MR) is 56.4 cm³/mol. The van der Waals surface area contributed by atoms with Gasteiger partial charge in [0.1, 0.15) is 6.23 Å². The van der Waals surface area contributed by atoms with Gasteiger partial charge in [-0.15, -0.1) is 0 Å². The van der Waals surface area contributed by atoms with E-state index in [9.17, 15) is 14.0 Å². The average molecular weight is 244 g/mol. The summed E-state index contributed by atoms with van der Waals surface area (Å²) in [6.07, 6.45) is 0.373. The van der Waals surface area contributed by atoms with Gasteiger partial charge in [0.15, 0.2) is 0 Å². The minimum absolute atomic E-state index is 0.217. The number of hydrogen-bond donors (Lipinski definition) is 2. The Morgan fingerprint density at radius 1 is 1.59 bits per heavy atom. The summed E-state index contributed by atoms with van der Waals surface area (Å²) in [5.41, 5.74) is -1.15. The highest BCUT2D eigenvalue weighted by atomic mass is 19.1. The molecule has 1 fully saturated rings. The van der Waals surface area contributed by atoms with Crippen molar-refractivity contribution in [1.29, 1.82) is 0 Å². The van der Waals surface area contributed by atoms with Gasteiger partial charge in [0.05, 0.1) is 19.4 Å². The third-order valence-electron chi connectivity index (χ3n) is 2.83. The van der Waals surface area contributed by atoms with Crippen LogP contribution in [-0.4, -0.2) is 34.0 Å². The number of aromatic nitrogens is 2. The van der Waals surface area contributed by atoms with Gasteiger partial charge in [-0.25, -0.2) is 4.79 Å². The van der Waals surface area contributed by atoms with Crippen molar-refractivity contribution in [1.82, 2.24) is 9.55 Å². The normalized spacial score (nSPS) is 28.5. The minimum Gasteiger partial charge on any atom is -0.394 e. The first-order valence-electron chi connectivity index (χ1n) is 5.29. The Balaban J connectivity index is 2.32. The number of rotatable bonds is 3. The van der Waals surface area contributed by atoms with Crippen molar-refractivity contribution in [3.8, 4) is 0 Å². The number of ether oxygens (including phenoxy) is 1. The number of hydrogen-bond acceptors (Lipinski definition) is 4. The molecule has 0 aromatic carbocycles. The summed E-state index contributed by atoms with van der Waals surface area (Å²) in [5.74, 6) is -0.490. The SMILES string of the molecule is O=c1ccn(C2OC(CO)CC2CF)c(=O)[nH]1. The lowest BCUT2D eigenvalue weighted by Gasteiger charge is -2.18. The van der Waals surface area contributed by atoms with E-state index in [-0.39, 0.29) is 6.61 Å². The fraction of sp³-hybridized carbons (Fsp3) is 0.600. The van der Waals surface area contributed by atoms with E-state index in [0.717, 1.165) is 4.57 Å². The molecule has 17 heavy (non-hydrogen) atoms. The van der Waals surface area contributed by atoms with Crippen LogP contribution in [0, 0.1) is 5.92 Å². The highest BCUT2D eigenvalue weighted by molar-refractivity contribution is 4.88. The first-order valence-corrected chi connectivity index (χ1v) is 5.29. The third kappa shape index (κ3) is 2.29. The number of aliphatic hydroxyl groups is 1. The highest BCUT2D eigenvalue weighted by Crippen LogP contribution is 2.33. The second kappa shape index (κ2) is 4.80. The zero-order valence-electron chi connectivity index (χ0n) is 9.01. The van der Waals surface area contributed by atoms with E-state index in [1.807, 2.05) is 0 Å². The monoisotopic (exact) mass is 244 g/mol. The largest absolute Gasteiger partial charge is 0.394 e. The van der Waals surface area contributed by atoms with Gasteiger partial charge in [0.2, 0.25) is 0 Å². The Hall–Kier alpha value is -1.47. The van der Waals surface area contributed by atoms with Gasteiger partial charge < -0.3 is 9.84 Å². The molecule has 6 nitrogen and oxygen atoms in total. The number of alkyl halides is 1. The lowest BCUT2D eigenvalue weighted by Crippen LogP contribution is -2.34. The number of H-pyrrole nitrogens is 1. The molecule has 1 saturated heterocycles. The Morgan fingerprint density at radius 2 is 2.35 bits per heavy atom. The zero-order valence-corrected chi connectivity index (χ0v) is 9.01. The van der Waals surface area contributed by atoms with E-state index in [0.29, 0.717) is 6.42 Å². The Morgan fingerprint density at radius 3 is 2.94 bits per heavy atom. The molecule has 1 aliphatic rings. The molecule has 1 aliphatic heterocycles. The third-order valence-corrected chi connectivity index (χ3v) is 2.83. The molecule has 2 heterocycles. The van der Waals surface area contributed by atoms with Crippen LogP contribution in [0.3, 0.4) is 0 Å². The fourth-order valence-corrected chi connectivity index (χ4v) is 2.00. The van der Waals surface area contributed by atoms with Crippen molar-refractivity contribution in [2.24, 2.45) is 5.92 Å². The molecule has 2 N–H and O–H groups in total. The molecule has 94 valence electrons. The van der Waals surface area contributed by atoms with Gasteiger partial charge >= 0.3 is 5.69 Å². The van der Waals surface area contributed by atoms with E-state index >= 15 is 0 Å². The van der Waals surface area contributed by atoms with Crippen LogP contribution < -0.4 is 11.2 Å². The van der Waals surface area contributed by atoms with Gasteiger partial charge in [-0.2, -0.15) is 0 Å². The van der Waals surface area contributed by atoms with Crippen LogP contribution in [0.1, 0.15) is 12.6 Å². The van der Waals surface area contributed by atoms with E-state index in [1.165, 1.54) is 12.3 Å². The number of aliphatic hydroxyl groups excluding tert-OH is 1. The van der Waals surface area contributed by atoms with Crippen molar-refractivity contribution in [3.05, 3.63) is 33.1 Å². The van der Waals surface area contributed by atoms with Crippen molar-refractivity contribution < 1.29 is 14.2 Å². The summed E-state index contributed by atoms with van der Waals surface area (Å²) < 4.78 is 19.3. The second-order valence-corrected chi connectivity index (χ2v) is 4.00. The van der Waals surface area contributed by atoms with E-state index in [2.05, 4.69) is 4.98 Å². The van der Waals surface area contributed by atoms with Crippen LogP contribution >= 0.6 is 0 Å². The van der Waals surface area contributed by atoms with E-state index < -0.39 is 36.2 Å². The summed E-state index contributed by atoms with van der Waals surface area (Å²) in [6.45, 7) is -0.863. The molecule has 2 rings (SSSR count). The van der Waals surface area contributed by atoms with E-state index in [4.69, 9.17) is 9.84 Å². The van der Waals surface area contributed by atoms with Crippen LogP contribution in [0.5, 0.6) is 0 Å². The quantitative estimate of drug-likeness (QED) is 0.743. The molecule has 1 aromatic heterocycles. The molecular formula is C10H13FN2O4. The molecule has 1 aromatic rings. The highest BCUT2D eigenvalue weighted by Gasteiger charge is 2.36. The van der Waals surface area contributed by atoms with Gasteiger partial charge in [0, 0.05) is 18.2 Å². The predicted octanol–water partition coefficient (Wildman–Crippen LogP) is -0.598. The van der Waals surface area contributed by atoms with Gasteiger partial charge in [0.25, 0.3) is 5.56 Å². The lowest BCUT2D eigenvalue weighted by atomic mass is 10.1. The Labute approximate surface area is 95.7 Å². The fourth-order valence-electron chi connectivity index (χ4n) is 2.00. The van der Waals surface area contributed by atoms with Crippen molar-refractivity contribution in [2.45, 2.75) is 18.8 Å². The Bertz CT molecular complexity index is 498.